The average Bonchev–Trinajstić information content (AvgIpc) is 3.09. The Morgan fingerprint density at radius 3 is 2.54 bits per heavy atom. The van der Waals surface area contributed by atoms with Gasteiger partial charge in [0.1, 0.15) is 10.0 Å². The Bertz CT molecular complexity index is 629. The molecular weight excluding hydrogens is 324 g/mol. The molecule has 0 bridgehead atoms. The fraction of sp³-hybridized carbons (Fsp3) is 0.471. The minimum Gasteiger partial charge on any atom is -0.391 e. The highest BCUT2D eigenvalue weighted by Crippen LogP contribution is 2.22. The number of aliphatic hydroxyl groups is 1. The van der Waals surface area contributed by atoms with E-state index in [4.69, 9.17) is 0 Å². The van der Waals surface area contributed by atoms with Gasteiger partial charge in [-0.15, -0.1) is 10.2 Å². The summed E-state index contributed by atoms with van der Waals surface area (Å²) in [7, 11) is 0. The molecule has 1 atom stereocenters. The zero-order chi connectivity index (χ0) is 17.4. The van der Waals surface area contributed by atoms with Crippen LogP contribution >= 0.6 is 11.3 Å². The molecule has 0 aliphatic rings. The van der Waals surface area contributed by atoms with Gasteiger partial charge in [-0.1, -0.05) is 68.4 Å². The summed E-state index contributed by atoms with van der Waals surface area (Å²) in [4.78, 5) is 11.8. The van der Waals surface area contributed by atoms with E-state index in [1.54, 1.807) is 0 Å². The van der Waals surface area contributed by atoms with E-state index < -0.39 is 6.10 Å². The number of carbonyl (C=O) groups excluding carboxylic acids is 1. The molecular formula is C17H24N4O2S. The third-order valence-corrected chi connectivity index (χ3v) is 4.92. The van der Waals surface area contributed by atoms with E-state index in [0.29, 0.717) is 6.54 Å². The maximum atomic E-state index is 11.8. The van der Waals surface area contributed by atoms with Crippen molar-refractivity contribution < 1.29 is 9.90 Å². The number of aliphatic hydroxyl groups excluding tert-OH is 1. The lowest BCUT2D eigenvalue weighted by atomic mass is 9.97. The number of rotatable bonds is 8. The fourth-order valence-electron chi connectivity index (χ4n) is 2.44. The van der Waals surface area contributed by atoms with Gasteiger partial charge in [0.05, 0.1) is 12.6 Å². The Morgan fingerprint density at radius 2 is 1.88 bits per heavy atom. The first-order valence-electron chi connectivity index (χ1n) is 8.21. The molecule has 130 valence electrons. The highest BCUT2D eigenvalue weighted by molar-refractivity contribution is 7.14. The molecule has 1 aromatic carbocycles. The smallest absolute Gasteiger partial charge is 0.315 e. The quantitative estimate of drug-likeness (QED) is 0.684. The highest BCUT2D eigenvalue weighted by Gasteiger charge is 2.16. The molecule has 1 unspecified atom stereocenters. The average molecular weight is 348 g/mol. The molecule has 2 amide bonds. The second-order valence-electron chi connectivity index (χ2n) is 5.57. The van der Waals surface area contributed by atoms with E-state index in [1.165, 1.54) is 11.3 Å². The molecule has 6 nitrogen and oxygen atoms in total. The number of aromatic nitrogens is 2. The monoisotopic (exact) mass is 348 g/mol. The van der Waals surface area contributed by atoms with Crippen LogP contribution < -0.4 is 10.6 Å². The van der Waals surface area contributed by atoms with Gasteiger partial charge in [-0.2, -0.15) is 0 Å². The Kier molecular flexibility index (Phi) is 7.14. The molecule has 0 radical (unpaired) electrons. The number of hydrogen-bond acceptors (Lipinski definition) is 5. The Hall–Kier alpha value is -1.99. The number of benzene rings is 1. The summed E-state index contributed by atoms with van der Waals surface area (Å²) in [6, 6.07) is 9.50. The van der Waals surface area contributed by atoms with Crippen molar-refractivity contribution in [3.05, 3.63) is 35.3 Å². The van der Waals surface area contributed by atoms with Crippen LogP contribution in [0.5, 0.6) is 0 Å². The predicted molar refractivity (Wildman–Crippen MR) is 95.7 cm³/mol. The van der Waals surface area contributed by atoms with Crippen molar-refractivity contribution >= 4 is 17.4 Å². The Balaban J connectivity index is 1.77. The van der Waals surface area contributed by atoms with Crippen LogP contribution in [0.15, 0.2) is 30.3 Å². The van der Waals surface area contributed by atoms with E-state index in [1.807, 2.05) is 44.2 Å². The van der Waals surface area contributed by atoms with Crippen LogP contribution in [-0.2, 0) is 6.54 Å². The summed E-state index contributed by atoms with van der Waals surface area (Å²) in [5.41, 5.74) is 1.01. The number of hydrogen-bond donors (Lipinski definition) is 3. The van der Waals surface area contributed by atoms with Gasteiger partial charge in [-0.3, -0.25) is 0 Å². The van der Waals surface area contributed by atoms with Crippen LogP contribution in [-0.4, -0.2) is 34.0 Å². The van der Waals surface area contributed by atoms with Crippen molar-refractivity contribution in [2.45, 2.75) is 39.3 Å². The molecule has 24 heavy (non-hydrogen) atoms. The highest BCUT2D eigenvalue weighted by atomic mass is 32.1. The Morgan fingerprint density at radius 1 is 1.17 bits per heavy atom. The molecule has 0 fully saturated rings. The standard InChI is InChI=1S/C17H24N4O2S/c1-3-12(4-2)14(22)10-18-17(23)19-11-15-20-21-16(24-15)13-8-6-5-7-9-13/h5-9,12,14,22H,3-4,10-11H2,1-2H3,(H2,18,19,23). The SMILES string of the molecule is CCC(CC)C(O)CNC(=O)NCc1nnc(-c2ccccc2)s1. The van der Waals surface area contributed by atoms with Crippen LogP contribution in [0.1, 0.15) is 31.7 Å². The number of nitrogens with one attached hydrogen (secondary N) is 2. The van der Waals surface area contributed by atoms with Crippen molar-refractivity contribution in [1.29, 1.82) is 0 Å². The summed E-state index contributed by atoms with van der Waals surface area (Å²) >= 11 is 1.45. The van der Waals surface area contributed by atoms with Crippen molar-refractivity contribution in [2.24, 2.45) is 5.92 Å². The van der Waals surface area contributed by atoms with Gasteiger partial charge < -0.3 is 15.7 Å². The van der Waals surface area contributed by atoms with Crippen molar-refractivity contribution in [2.75, 3.05) is 6.54 Å². The van der Waals surface area contributed by atoms with Crippen LogP contribution in [0.4, 0.5) is 4.79 Å². The van der Waals surface area contributed by atoms with Gasteiger partial charge in [0.25, 0.3) is 0 Å². The maximum absolute atomic E-state index is 11.8. The number of nitrogens with zero attached hydrogens (tertiary/aromatic N) is 2. The molecule has 0 saturated heterocycles. The van der Waals surface area contributed by atoms with Gasteiger partial charge >= 0.3 is 6.03 Å². The molecule has 0 aliphatic carbocycles. The first-order valence-corrected chi connectivity index (χ1v) is 9.03. The predicted octanol–water partition coefficient (Wildman–Crippen LogP) is 2.80. The van der Waals surface area contributed by atoms with Gasteiger partial charge in [-0.25, -0.2) is 4.79 Å². The van der Waals surface area contributed by atoms with Gasteiger partial charge in [-0.05, 0) is 5.92 Å². The van der Waals surface area contributed by atoms with Crippen LogP contribution in [0, 0.1) is 5.92 Å². The molecule has 2 rings (SSSR count). The topological polar surface area (TPSA) is 87.1 Å². The first-order chi connectivity index (χ1) is 11.6. The van der Waals surface area contributed by atoms with Crippen molar-refractivity contribution in [1.82, 2.24) is 20.8 Å². The van der Waals surface area contributed by atoms with Gasteiger partial charge in [0.2, 0.25) is 0 Å². The zero-order valence-corrected chi connectivity index (χ0v) is 14.8. The van der Waals surface area contributed by atoms with E-state index in [0.717, 1.165) is 28.4 Å². The number of urea groups is 1. The second-order valence-corrected chi connectivity index (χ2v) is 6.64. The molecule has 2 aromatic rings. The van der Waals surface area contributed by atoms with Crippen molar-refractivity contribution in [3.8, 4) is 10.6 Å². The molecule has 0 aliphatic heterocycles. The number of carbonyl (C=O) groups is 1. The summed E-state index contributed by atoms with van der Waals surface area (Å²) < 4.78 is 0. The minimum atomic E-state index is -0.517. The molecule has 7 heteroatoms. The van der Waals surface area contributed by atoms with E-state index in [-0.39, 0.29) is 18.5 Å². The normalized spacial score (nSPS) is 12.2. The third kappa shape index (κ3) is 5.28. The largest absolute Gasteiger partial charge is 0.391 e. The van der Waals surface area contributed by atoms with Gasteiger partial charge in [0, 0.05) is 12.1 Å². The van der Waals surface area contributed by atoms with E-state index >= 15 is 0 Å². The third-order valence-electron chi connectivity index (χ3n) is 3.95. The maximum Gasteiger partial charge on any atom is 0.315 e. The van der Waals surface area contributed by atoms with Gasteiger partial charge in [0.15, 0.2) is 0 Å². The fourth-order valence-corrected chi connectivity index (χ4v) is 3.22. The summed E-state index contributed by atoms with van der Waals surface area (Å²) in [5.74, 6) is 0.210. The van der Waals surface area contributed by atoms with E-state index in [2.05, 4.69) is 20.8 Å². The van der Waals surface area contributed by atoms with Crippen molar-refractivity contribution in [3.63, 3.8) is 0 Å². The summed E-state index contributed by atoms with van der Waals surface area (Å²) in [6.07, 6.45) is 1.28. The van der Waals surface area contributed by atoms with Crippen LogP contribution in [0.2, 0.25) is 0 Å². The molecule has 0 saturated carbocycles. The molecule has 0 spiro atoms. The van der Waals surface area contributed by atoms with Crippen LogP contribution in [0.25, 0.3) is 10.6 Å². The lowest BCUT2D eigenvalue weighted by molar-refractivity contribution is 0.103. The Labute approximate surface area is 146 Å². The first kappa shape index (κ1) is 18.4. The van der Waals surface area contributed by atoms with E-state index in [9.17, 15) is 9.90 Å². The lowest BCUT2D eigenvalue weighted by Crippen LogP contribution is -2.41. The summed E-state index contributed by atoms with van der Waals surface area (Å²) in [5, 5.41) is 25.2. The zero-order valence-electron chi connectivity index (χ0n) is 14.0. The lowest BCUT2D eigenvalue weighted by Gasteiger charge is -2.20. The molecule has 1 heterocycles. The van der Waals surface area contributed by atoms with Crippen LogP contribution in [0.3, 0.4) is 0 Å². The summed E-state index contributed by atoms with van der Waals surface area (Å²) in [6.45, 7) is 4.65. The second kappa shape index (κ2) is 9.34. The number of amides is 2. The molecule has 1 aromatic heterocycles. The molecule has 3 N–H and O–H groups in total. The minimum absolute atomic E-state index is 0.210.